The third kappa shape index (κ3) is 2.58. The van der Waals surface area contributed by atoms with Crippen molar-refractivity contribution < 1.29 is 17.6 Å². The molecular formula is C8H7ClF4N2. The Balaban J connectivity index is 3.19. The lowest BCUT2D eigenvalue weighted by atomic mass is 10.1. The lowest BCUT2D eigenvalue weighted by Gasteiger charge is -2.21. The first kappa shape index (κ1) is 12.2. The fraction of sp³-hybridized carbons (Fsp3) is 0.250. The van der Waals surface area contributed by atoms with E-state index in [9.17, 15) is 17.6 Å². The van der Waals surface area contributed by atoms with Crippen LogP contribution in [-0.2, 0) is 0 Å². The van der Waals surface area contributed by atoms with Gasteiger partial charge in [-0.15, -0.1) is 0 Å². The second-order valence-corrected chi connectivity index (χ2v) is 3.29. The SMILES string of the molecule is NNC(c1cccc(F)c1F)C(F)(F)Cl. The van der Waals surface area contributed by atoms with Gasteiger partial charge in [0.15, 0.2) is 11.6 Å². The summed E-state index contributed by atoms with van der Waals surface area (Å²) in [6.45, 7) is 0. The van der Waals surface area contributed by atoms with Crippen molar-refractivity contribution in [2.45, 2.75) is 11.4 Å². The van der Waals surface area contributed by atoms with E-state index < -0.39 is 28.6 Å². The molecule has 0 aromatic heterocycles. The molecule has 0 fully saturated rings. The minimum absolute atomic E-state index is 0.627. The molecule has 0 radical (unpaired) electrons. The summed E-state index contributed by atoms with van der Waals surface area (Å²) in [5, 5.41) is -3.82. The van der Waals surface area contributed by atoms with Crippen LogP contribution in [0.1, 0.15) is 11.6 Å². The molecule has 0 heterocycles. The highest BCUT2D eigenvalue weighted by Crippen LogP contribution is 2.35. The van der Waals surface area contributed by atoms with Crippen molar-refractivity contribution in [3.05, 3.63) is 35.4 Å². The van der Waals surface area contributed by atoms with Gasteiger partial charge in [-0.1, -0.05) is 12.1 Å². The number of benzene rings is 1. The number of rotatable bonds is 3. The van der Waals surface area contributed by atoms with E-state index in [-0.39, 0.29) is 0 Å². The van der Waals surface area contributed by atoms with Gasteiger partial charge in [0.1, 0.15) is 6.04 Å². The maximum atomic E-state index is 13.1. The van der Waals surface area contributed by atoms with Gasteiger partial charge in [0.25, 0.3) is 0 Å². The van der Waals surface area contributed by atoms with Crippen molar-refractivity contribution in [1.82, 2.24) is 5.43 Å². The standard InChI is InChI=1S/C8H7ClF4N2/c9-8(12,13)7(15-14)4-2-1-3-5(10)6(4)11/h1-3,7,15H,14H2. The predicted molar refractivity (Wildman–Crippen MR) is 47.2 cm³/mol. The first-order valence-electron chi connectivity index (χ1n) is 3.84. The quantitative estimate of drug-likeness (QED) is 0.369. The predicted octanol–water partition coefficient (Wildman–Crippen LogP) is 2.30. The highest BCUT2D eigenvalue weighted by atomic mass is 35.5. The molecule has 0 saturated heterocycles. The van der Waals surface area contributed by atoms with Crippen LogP contribution in [-0.4, -0.2) is 5.38 Å². The molecule has 0 aliphatic rings. The topological polar surface area (TPSA) is 38.0 Å². The molecule has 1 aromatic carbocycles. The molecule has 0 aliphatic heterocycles. The average molecular weight is 243 g/mol. The van der Waals surface area contributed by atoms with Crippen molar-refractivity contribution in [3.63, 3.8) is 0 Å². The largest absolute Gasteiger partial charge is 0.342 e. The first-order chi connectivity index (χ1) is 6.88. The van der Waals surface area contributed by atoms with Crippen LogP contribution in [0, 0.1) is 11.6 Å². The van der Waals surface area contributed by atoms with Crippen molar-refractivity contribution in [2.75, 3.05) is 0 Å². The number of hydrogen-bond acceptors (Lipinski definition) is 2. The van der Waals surface area contributed by atoms with Crippen LogP contribution in [0.2, 0.25) is 0 Å². The molecule has 1 unspecified atom stereocenters. The highest BCUT2D eigenvalue weighted by Gasteiger charge is 2.39. The molecule has 0 amide bonds. The second-order valence-electron chi connectivity index (χ2n) is 2.78. The van der Waals surface area contributed by atoms with Gasteiger partial charge in [0.2, 0.25) is 0 Å². The third-order valence-corrected chi connectivity index (χ3v) is 2.00. The maximum absolute atomic E-state index is 13.1. The van der Waals surface area contributed by atoms with E-state index in [1.54, 1.807) is 5.43 Å². The number of alkyl halides is 3. The van der Waals surface area contributed by atoms with Crippen LogP contribution in [0.4, 0.5) is 17.6 Å². The van der Waals surface area contributed by atoms with Gasteiger partial charge in [0, 0.05) is 5.56 Å². The first-order valence-corrected chi connectivity index (χ1v) is 4.22. The lowest BCUT2D eigenvalue weighted by Crippen LogP contribution is -2.38. The Hall–Kier alpha value is -0.850. The molecule has 0 saturated carbocycles. The summed E-state index contributed by atoms with van der Waals surface area (Å²) in [6.07, 6.45) is 0. The van der Waals surface area contributed by atoms with Gasteiger partial charge in [0.05, 0.1) is 0 Å². The van der Waals surface area contributed by atoms with E-state index in [2.05, 4.69) is 0 Å². The zero-order chi connectivity index (χ0) is 11.6. The van der Waals surface area contributed by atoms with Crippen molar-refractivity contribution in [3.8, 4) is 0 Å². The van der Waals surface area contributed by atoms with Gasteiger partial charge < -0.3 is 0 Å². The molecule has 84 valence electrons. The van der Waals surface area contributed by atoms with Gasteiger partial charge in [-0.05, 0) is 17.7 Å². The molecule has 3 N–H and O–H groups in total. The Labute approximate surface area is 88.0 Å². The van der Waals surface area contributed by atoms with Gasteiger partial charge in [-0.2, -0.15) is 8.78 Å². The van der Waals surface area contributed by atoms with Crippen LogP contribution >= 0.6 is 11.6 Å². The van der Waals surface area contributed by atoms with Crippen molar-refractivity contribution in [1.29, 1.82) is 0 Å². The molecule has 0 spiro atoms. The van der Waals surface area contributed by atoms with Crippen LogP contribution in [0.3, 0.4) is 0 Å². The van der Waals surface area contributed by atoms with Crippen molar-refractivity contribution >= 4 is 11.6 Å². The van der Waals surface area contributed by atoms with E-state index in [1.165, 1.54) is 0 Å². The molecule has 1 atom stereocenters. The summed E-state index contributed by atoms with van der Waals surface area (Å²) in [7, 11) is 0. The van der Waals surface area contributed by atoms with Crippen LogP contribution in [0.25, 0.3) is 0 Å². The Bertz CT molecular complexity index is 353. The molecule has 0 aliphatic carbocycles. The highest BCUT2D eigenvalue weighted by molar-refractivity contribution is 6.22. The van der Waals surface area contributed by atoms with Gasteiger partial charge >= 0.3 is 5.38 Å². The van der Waals surface area contributed by atoms with Crippen molar-refractivity contribution in [2.24, 2.45) is 5.84 Å². The maximum Gasteiger partial charge on any atom is 0.342 e. The number of hydrogen-bond donors (Lipinski definition) is 2. The number of nitrogens with two attached hydrogens (primary N) is 1. The minimum atomic E-state index is -3.82. The molecular weight excluding hydrogens is 236 g/mol. The molecule has 0 bridgehead atoms. The van der Waals surface area contributed by atoms with E-state index in [4.69, 9.17) is 17.4 Å². The number of hydrazine groups is 1. The molecule has 1 rings (SSSR count). The Morgan fingerprint density at radius 2 is 1.93 bits per heavy atom. The van der Waals surface area contributed by atoms with Crippen LogP contribution in [0.15, 0.2) is 18.2 Å². The van der Waals surface area contributed by atoms with Gasteiger partial charge in [-0.3, -0.25) is 5.84 Å². The Kier molecular flexibility index (Phi) is 3.54. The third-order valence-electron chi connectivity index (χ3n) is 1.79. The van der Waals surface area contributed by atoms with E-state index in [0.717, 1.165) is 18.2 Å². The zero-order valence-electron chi connectivity index (χ0n) is 7.28. The summed E-state index contributed by atoms with van der Waals surface area (Å²) in [5.74, 6) is 2.16. The molecule has 1 aromatic rings. The molecule has 2 nitrogen and oxygen atoms in total. The fourth-order valence-corrected chi connectivity index (χ4v) is 1.28. The average Bonchev–Trinajstić information content (AvgIpc) is 2.11. The van der Waals surface area contributed by atoms with Crippen LogP contribution < -0.4 is 11.3 Å². The Morgan fingerprint density at radius 1 is 1.33 bits per heavy atom. The normalized spacial score (nSPS) is 14.0. The fourth-order valence-electron chi connectivity index (χ4n) is 1.10. The van der Waals surface area contributed by atoms with Gasteiger partial charge in [-0.25, -0.2) is 14.2 Å². The molecule has 15 heavy (non-hydrogen) atoms. The Morgan fingerprint density at radius 3 is 2.40 bits per heavy atom. The van der Waals surface area contributed by atoms with Crippen LogP contribution in [0.5, 0.6) is 0 Å². The summed E-state index contributed by atoms with van der Waals surface area (Å²) in [4.78, 5) is 0. The summed E-state index contributed by atoms with van der Waals surface area (Å²) in [5.41, 5.74) is 1.01. The number of halogens is 5. The van der Waals surface area contributed by atoms with E-state index >= 15 is 0 Å². The summed E-state index contributed by atoms with van der Waals surface area (Å²) in [6, 6.07) is 0.869. The molecule has 7 heteroatoms. The summed E-state index contributed by atoms with van der Waals surface area (Å²) >= 11 is 4.69. The second kappa shape index (κ2) is 4.34. The zero-order valence-corrected chi connectivity index (χ0v) is 8.03. The summed E-state index contributed by atoms with van der Waals surface area (Å²) < 4.78 is 51.3. The minimum Gasteiger partial charge on any atom is -0.271 e. The lowest BCUT2D eigenvalue weighted by molar-refractivity contribution is 0.0480. The van der Waals surface area contributed by atoms with E-state index in [0.29, 0.717) is 0 Å². The smallest absolute Gasteiger partial charge is 0.271 e. The van der Waals surface area contributed by atoms with E-state index in [1.807, 2.05) is 0 Å². The number of nitrogens with one attached hydrogen (secondary N) is 1. The monoisotopic (exact) mass is 242 g/mol.